The van der Waals surface area contributed by atoms with E-state index in [1.165, 1.54) is 21.6 Å². The fourth-order valence-corrected chi connectivity index (χ4v) is 6.79. The van der Waals surface area contributed by atoms with E-state index in [2.05, 4.69) is 5.32 Å². The summed E-state index contributed by atoms with van der Waals surface area (Å²) in [6.07, 6.45) is -0.594. The first-order valence-corrected chi connectivity index (χ1v) is 15.1. The lowest BCUT2D eigenvalue weighted by Crippen LogP contribution is -2.33. The number of nitrogens with one attached hydrogen (secondary N) is 1. The number of aliphatic hydroxyl groups is 1. The molecule has 4 aromatic rings. The Balaban J connectivity index is 1.41. The second-order valence-corrected chi connectivity index (χ2v) is 11.8. The van der Waals surface area contributed by atoms with E-state index in [0.29, 0.717) is 51.1 Å². The molecule has 8 nitrogen and oxygen atoms in total. The molecular weight excluding hydrogens is 550 g/mol. The highest BCUT2D eigenvalue weighted by atomic mass is 33.1. The van der Waals surface area contributed by atoms with Crippen LogP contribution < -0.4 is 14.8 Å². The van der Waals surface area contributed by atoms with Gasteiger partial charge in [0.1, 0.15) is 23.9 Å². The predicted octanol–water partition coefficient (Wildman–Crippen LogP) is 6.34. The normalized spacial score (nSPS) is 16.5. The Morgan fingerprint density at radius 3 is 2.65 bits per heavy atom. The summed E-state index contributed by atoms with van der Waals surface area (Å²) in [7, 11) is 4.65. The lowest BCUT2D eigenvalue weighted by atomic mass is 9.77. The molecule has 0 radical (unpaired) electrons. The maximum atomic E-state index is 13.2. The van der Waals surface area contributed by atoms with Crippen molar-refractivity contribution in [3.63, 3.8) is 0 Å². The molecule has 2 heterocycles. The number of anilines is 1. The number of aliphatic hydroxyl groups excluding tert-OH is 1. The van der Waals surface area contributed by atoms with E-state index in [9.17, 15) is 9.59 Å². The number of esters is 1. The second-order valence-electron chi connectivity index (χ2n) is 9.06. The zero-order chi connectivity index (χ0) is 27.7. The maximum absolute atomic E-state index is 13.2. The number of fused-ring (bicyclic) bond motifs is 8. The van der Waals surface area contributed by atoms with Crippen molar-refractivity contribution in [3.8, 4) is 17.2 Å². The zero-order valence-electron chi connectivity index (χ0n) is 21.5. The maximum Gasteiger partial charge on any atom is 0.411 e. The van der Waals surface area contributed by atoms with Crippen LogP contribution in [0.15, 0.2) is 72.8 Å². The number of amides is 1. The summed E-state index contributed by atoms with van der Waals surface area (Å²) in [5, 5.41) is 13.3. The minimum absolute atomic E-state index is 0.110. The molecule has 0 aliphatic carbocycles. The van der Waals surface area contributed by atoms with Crippen molar-refractivity contribution in [2.45, 2.75) is 5.60 Å². The summed E-state index contributed by atoms with van der Waals surface area (Å²) in [6, 6.07) is 22.2. The third kappa shape index (κ3) is 4.42. The lowest BCUT2D eigenvalue weighted by Gasteiger charge is -2.37. The van der Waals surface area contributed by atoms with Gasteiger partial charge in [0.25, 0.3) is 0 Å². The van der Waals surface area contributed by atoms with Crippen LogP contribution in [0.25, 0.3) is 10.8 Å². The topological polar surface area (TPSA) is 103 Å². The molecule has 10 heteroatoms. The Morgan fingerprint density at radius 1 is 0.975 bits per heavy atom. The van der Waals surface area contributed by atoms with Crippen LogP contribution in [0.4, 0.5) is 10.5 Å². The monoisotopic (exact) mass is 575 g/mol. The number of hydrogen-bond acceptors (Lipinski definition) is 9. The molecule has 0 bridgehead atoms. The number of benzene rings is 4. The number of hydrogen-bond donors (Lipinski definition) is 2. The van der Waals surface area contributed by atoms with Crippen LogP contribution >= 0.6 is 21.6 Å². The van der Waals surface area contributed by atoms with Crippen molar-refractivity contribution in [3.05, 3.63) is 95.1 Å². The molecule has 4 aromatic carbocycles. The van der Waals surface area contributed by atoms with Crippen LogP contribution in [0.5, 0.6) is 17.2 Å². The quantitative estimate of drug-likeness (QED) is 0.142. The second kappa shape index (κ2) is 11.0. The van der Waals surface area contributed by atoms with Gasteiger partial charge in [0.2, 0.25) is 0 Å². The Hall–Kier alpha value is -3.86. The molecule has 1 unspecified atom stereocenters. The largest absolute Gasteiger partial charge is 0.496 e. The fourth-order valence-electron chi connectivity index (χ4n) is 5.19. The van der Waals surface area contributed by atoms with Crippen molar-refractivity contribution in [1.29, 1.82) is 0 Å². The Bertz CT molecular complexity index is 1630. The standard InChI is InChI=1S/C30H25NO7S2/c1-35-24-8-4-5-18-9-11-23-27(26(18)24)37-25-17-19(31-29(34)36-14-16-40-39-15-13-32)10-12-22(25)30(23)21-7-3-2-6-20(21)28(33)38-30/h2-12,17,32H,13-16H2,1H3,(H,31,34). The van der Waals surface area contributed by atoms with E-state index in [-0.39, 0.29) is 13.2 Å². The summed E-state index contributed by atoms with van der Waals surface area (Å²) in [4.78, 5) is 25.6. The number of ether oxygens (including phenoxy) is 4. The molecule has 2 aliphatic heterocycles. The van der Waals surface area contributed by atoms with Gasteiger partial charge in [-0.2, -0.15) is 0 Å². The van der Waals surface area contributed by atoms with Gasteiger partial charge in [-0.25, -0.2) is 9.59 Å². The Morgan fingerprint density at radius 2 is 1.80 bits per heavy atom. The summed E-state index contributed by atoms with van der Waals surface area (Å²) in [5.74, 6) is 2.38. The van der Waals surface area contributed by atoms with Gasteiger partial charge in [-0.3, -0.25) is 5.32 Å². The molecule has 1 amide bonds. The molecule has 1 spiro atoms. The van der Waals surface area contributed by atoms with Crippen LogP contribution in [-0.2, 0) is 15.1 Å². The van der Waals surface area contributed by atoms with Gasteiger partial charge in [0.15, 0.2) is 5.60 Å². The minimum Gasteiger partial charge on any atom is -0.496 e. The molecule has 6 rings (SSSR count). The first kappa shape index (κ1) is 26.4. The average molecular weight is 576 g/mol. The molecule has 2 aliphatic rings. The summed E-state index contributed by atoms with van der Waals surface area (Å²) in [6.45, 7) is 0.337. The number of methoxy groups -OCH3 is 1. The van der Waals surface area contributed by atoms with Crippen molar-refractivity contribution in [2.75, 3.05) is 37.1 Å². The third-order valence-corrected chi connectivity index (χ3v) is 9.16. The molecule has 2 N–H and O–H groups in total. The number of rotatable bonds is 8. The molecule has 1 atom stereocenters. The van der Waals surface area contributed by atoms with E-state index in [0.717, 1.165) is 16.3 Å². The SMILES string of the molecule is COc1cccc2ccc3c(c12)Oc1cc(NC(=O)OCCSSCCO)ccc1C31OC(=O)c2ccccc21. The minimum atomic E-state index is -1.24. The summed E-state index contributed by atoms with van der Waals surface area (Å²) in [5.41, 5.74) is 1.76. The number of carbonyl (C=O) groups is 2. The van der Waals surface area contributed by atoms with Crippen molar-refractivity contribution in [2.24, 2.45) is 0 Å². The highest BCUT2D eigenvalue weighted by Gasteiger charge is 2.53. The highest BCUT2D eigenvalue weighted by molar-refractivity contribution is 8.76. The van der Waals surface area contributed by atoms with Crippen molar-refractivity contribution >= 4 is 50.1 Å². The molecule has 0 saturated carbocycles. The van der Waals surface area contributed by atoms with Gasteiger partial charge in [-0.05, 0) is 35.7 Å². The third-order valence-electron chi connectivity index (χ3n) is 6.81. The van der Waals surface area contributed by atoms with Crippen LogP contribution in [-0.4, -0.2) is 49.0 Å². The Labute approximate surface area is 238 Å². The van der Waals surface area contributed by atoms with Crippen LogP contribution in [0.3, 0.4) is 0 Å². The van der Waals surface area contributed by atoms with Crippen LogP contribution in [0, 0.1) is 0 Å². The van der Waals surface area contributed by atoms with Gasteiger partial charge in [0, 0.05) is 39.9 Å². The Kier molecular flexibility index (Phi) is 7.22. The lowest BCUT2D eigenvalue weighted by molar-refractivity contribution is 0.0225. The first-order chi connectivity index (χ1) is 19.6. The fraction of sp³-hybridized carbons (Fsp3) is 0.200. The van der Waals surface area contributed by atoms with Crippen LogP contribution in [0.1, 0.15) is 27.0 Å². The van der Waals surface area contributed by atoms with Gasteiger partial charge >= 0.3 is 12.1 Å². The molecule has 0 aromatic heterocycles. The molecule has 0 saturated heterocycles. The molecule has 204 valence electrons. The first-order valence-electron chi connectivity index (χ1n) is 12.6. The summed E-state index contributed by atoms with van der Waals surface area (Å²) < 4.78 is 23.8. The van der Waals surface area contributed by atoms with E-state index in [4.69, 9.17) is 24.1 Å². The molecular formula is C30H25NO7S2. The molecule has 0 fully saturated rings. The zero-order valence-corrected chi connectivity index (χ0v) is 23.1. The van der Waals surface area contributed by atoms with Gasteiger partial charge in [-0.1, -0.05) is 58.0 Å². The van der Waals surface area contributed by atoms with E-state index >= 15 is 0 Å². The van der Waals surface area contributed by atoms with Gasteiger partial charge in [0.05, 0.1) is 24.7 Å². The van der Waals surface area contributed by atoms with E-state index < -0.39 is 17.7 Å². The van der Waals surface area contributed by atoms with Gasteiger partial charge < -0.3 is 24.1 Å². The highest BCUT2D eigenvalue weighted by Crippen LogP contribution is 2.58. The van der Waals surface area contributed by atoms with Crippen LogP contribution in [0.2, 0.25) is 0 Å². The average Bonchev–Trinajstić information content (AvgIpc) is 3.27. The van der Waals surface area contributed by atoms with Crippen molar-refractivity contribution in [1.82, 2.24) is 0 Å². The predicted molar refractivity (Wildman–Crippen MR) is 156 cm³/mol. The van der Waals surface area contributed by atoms with E-state index in [1.54, 1.807) is 31.4 Å². The number of carbonyl (C=O) groups excluding carboxylic acids is 2. The van der Waals surface area contributed by atoms with E-state index in [1.807, 2.05) is 48.5 Å². The smallest absolute Gasteiger partial charge is 0.411 e. The van der Waals surface area contributed by atoms with Gasteiger partial charge in [-0.15, -0.1) is 0 Å². The summed E-state index contributed by atoms with van der Waals surface area (Å²) >= 11 is 0. The van der Waals surface area contributed by atoms with Crippen molar-refractivity contribution < 1.29 is 33.6 Å². The molecule has 40 heavy (non-hydrogen) atoms.